The standard InChI is InChI=1S/C19H27F2N5O/c1-22-19(23-9-2-3-18(27)24-14-5-6-14)25-15-8-10-26(12-15)17-7-4-13(20)11-16(17)21/h4,7,11,14-15H,2-3,5-6,8-10,12H2,1H3,(H,24,27)(H2,22,23,25). The van der Waals surface area contributed by atoms with E-state index in [-0.39, 0.29) is 11.9 Å². The summed E-state index contributed by atoms with van der Waals surface area (Å²) in [6.07, 6.45) is 4.27. The van der Waals surface area contributed by atoms with E-state index in [1.165, 1.54) is 12.1 Å². The van der Waals surface area contributed by atoms with Gasteiger partial charge in [0, 0.05) is 51.3 Å². The molecule has 2 fully saturated rings. The van der Waals surface area contributed by atoms with Crippen LogP contribution >= 0.6 is 0 Å². The van der Waals surface area contributed by atoms with Gasteiger partial charge in [-0.1, -0.05) is 0 Å². The molecule has 0 bridgehead atoms. The number of carbonyl (C=O) groups excluding carboxylic acids is 1. The minimum atomic E-state index is -0.569. The van der Waals surface area contributed by atoms with Gasteiger partial charge in [0.15, 0.2) is 5.96 Å². The van der Waals surface area contributed by atoms with E-state index < -0.39 is 11.6 Å². The summed E-state index contributed by atoms with van der Waals surface area (Å²) in [5.41, 5.74) is 0.422. The summed E-state index contributed by atoms with van der Waals surface area (Å²) in [5, 5.41) is 9.51. The van der Waals surface area contributed by atoms with Gasteiger partial charge in [-0.2, -0.15) is 0 Å². The molecule has 1 aromatic carbocycles. The Morgan fingerprint density at radius 3 is 2.74 bits per heavy atom. The summed E-state index contributed by atoms with van der Waals surface area (Å²) in [6.45, 7) is 1.96. The monoisotopic (exact) mass is 379 g/mol. The lowest BCUT2D eigenvalue weighted by molar-refractivity contribution is -0.121. The minimum Gasteiger partial charge on any atom is -0.367 e. The summed E-state index contributed by atoms with van der Waals surface area (Å²) in [5.74, 6) is -0.331. The smallest absolute Gasteiger partial charge is 0.220 e. The predicted molar refractivity (Wildman–Crippen MR) is 102 cm³/mol. The number of guanidine groups is 1. The van der Waals surface area contributed by atoms with Gasteiger partial charge in [-0.3, -0.25) is 9.79 Å². The molecule has 3 rings (SSSR count). The van der Waals surface area contributed by atoms with E-state index in [9.17, 15) is 13.6 Å². The van der Waals surface area contributed by atoms with E-state index in [0.717, 1.165) is 31.7 Å². The van der Waals surface area contributed by atoms with Crippen molar-refractivity contribution < 1.29 is 13.6 Å². The summed E-state index contributed by atoms with van der Waals surface area (Å²) in [6, 6.07) is 4.19. The fourth-order valence-electron chi connectivity index (χ4n) is 3.21. The van der Waals surface area contributed by atoms with Crippen molar-refractivity contribution in [2.75, 3.05) is 31.6 Å². The molecule has 1 saturated carbocycles. The molecule has 1 aliphatic heterocycles. The fourth-order valence-corrected chi connectivity index (χ4v) is 3.21. The number of rotatable bonds is 7. The molecule has 0 aromatic heterocycles. The Morgan fingerprint density at radius 1 is 1.22 bits per heavy atom. The van der Waals surface area contributed by atoms with E-state index >= 15 is 0 Å². The molecule has 0 radical (unpaired) electrons. The van der Waals surface area contributed by atoms with Crippen LogP contribution in [0.4, 0.5) is 14.5 Å². The highest BCUT2D eigenvalue weighted by molar-refractivity contribution is 5.80. The first-order valence-electron chi connectivity index (χ1n) is 9.51. The van der Waals surface area contributed by atoms with Crippen LogP contribution in [0.15, 0.2) is 23.2 Å². The van der Waals surface area contributed by atoms with Crippen LogP contribution in [0.3, 0.4) is 0 Å². The van der Waals surface area contributed by atoms with Gasteiger partial charge in [0.05, 0.1) is 5.69 Å². The van der Waals surface area contributed by atoms with Crippen molar-refractivity contribution in [3.8, 4) is 0 Å². The van der Waals surface area contributed by atoms with Crippen molar-refractivity contribution in [3.05, 3.63) is 29.8 Å². The molecule has 1 saturated heterocycles. The highest BCUT2D eigenvalue weighted by Crippen LogP contribution is 2.24. The Morgan fingerprint density at radius 2 is 2.04 bits per heavy atom. The third kappa shape index (κ3) is 5.80. The molecule has 1 atom stereocenters. The Labute approximate surface area is 158 Å². The van der Waals surface area contributed by atoms with Gasteiger partial charge in [0.1, 0.15) is 11.6 Å². The number of hydrogen-bond acceptors (Lipinski definition) is 3. The first-order chi connectivity index (χ1) is 13.0. The van der Waals surface area contributed by atoms with E-state index in [1.807, 2.05) is 4.90 Å². The van der Waals surface area contributed by atoms with Crippen molar-refractivity contribution in [2.45, 2.75) is 44.2 Å². The van der Waals surface area contributed by atoms with Crippen LogP contribution in [0.25, 0.3) is 0 Å². The minimum absolute atomic E-state index is 0.106. The van der Waals surface area contributed by atoms with Crippen LogP contribution in [0, 0.1) is 11.6 Å². The number of aliphatic imine (C=N–C) groups is 1. The lowest BCUT2D eigenvalue weighted by Crippen LogP contribution is -2.45. The molecule has 1 heterocycles. The normalized spacial score (nSPS) is 19.9. The molecule has 27 heavy (non-hydrogen) atoms. The predicted octanol–water partition coefficient (Wildman–Crippen LogP) is 1.77. The second-order valence-electron chi connectivity index (χ2n) is 7.12. The first-order valence-corrected chi connectivity index (χ1v) is 9.51. The summed E-state index contributed by atoms with van der Waals surface area (Å²) in [4.78, 5) is 17.8. The van der Waals surface area contributed by atoms with Crippen LogP contribution in [-0.2, 0) is 4.79 Å². The van der Waals surface area contributed by atoms with Crippen molar-refractivity contribution in [2.24, 2.45) is 4.99 Å². The fraction of sp³-hybridized carbons (Fsp3) is 0.579. The second-order valence-corrected chi connectivity index (χ2v) is 7.12. The van der Waals surface area contributed by atoms with Gasteiger partial charge in [-0.25, -0.2) is 8.78 Å². The maximum Gasteiger partial charge on any atom is 0.220 e. The Kier molecular flexibility index (Phi) is 6.47. The number of hydrogen-bond donors (Lipinski definition) is 3. The zero-order chi connectivity index (χ0) is 19.2. The van der Waals surface area contributed by atoms with Gasteiger partial charge < -0.3 is 20.9 Å². The van der Waals surface area contributed by atoms with Crippen LogP contribution in [0.5, 0.6) is 0 Å². The van der Waals surface area contributed by atoms with E-state index in [1.54, 1.807) is 7.05 Å². The van der Waals surface area contributed by atoms with Crippen LogP contribution < -0.4 is 20.9 Å². The van der Waals surface area contributed by atoms with Crippen molar-refractivity contribution in [1.29, 1.82) is 0 Å². The molecular weight excluding hydrogens is 352 g/mol. The quantitative estimate of drug-likeness (QED) is 0.384. The molecule has 1 unspecified atom stereocenters. The van der Waals surface area contributed by atoms with Crippen molar-refractivity contribution >= 4 is 17.6 Å². The first kappa shape index (κ1) is 19.4. The molecule has 1 aromatic rings. The number of nitrogens with zero attached hydrogens (tertiary/aromatic N) is 2. The average molecular weight is 379 g/mol. The Hall–Kier alpha value is -2.38. The highest BCUT2D eigenvalue weighted by atomic mass is 19.1. The molecule has 2 aliphatic rings. The summed E-state index contributed by atoms with van der Waals surface area (Å²) >= 11 is 0. The number of halogens is 2. The molecule has 148 valence electrons. The summed E-state index contributed by atoms with van der Waals surface area (Å²) in [7, 11) is 1.70. The van der Waals surface area contributed by atoms with Crippen LogP contribution in [-0.4, -0.2) is 50.6 Å². The highest BCUT2D eigenvalue weighted by Gasteiger charge is 2.25. The Balaban J connectivity index is 1.39. The van der Waals surface area contributed by atoms with E-state index in [2.05, 4.69) is 20.9 Å². The molecule has 1 aliphatic carbocycles. The SMILES string of the molecule is CN=C(NCCCC(=O)NC1CC1)NC1CCN(c2ccc(F)cc2F)C1. The van der Waals surface area contributed by atoms with Gasteiger partial charge in [-0.05, 0) is 37.8 Å². The van der Waals surface area contributed by atoms with Gasteiger partial charge in [0.25, 0.3) is 0 Å². The molecule has 0 spiro atoms. The second kappa shape index (κ2) is 9.01. The largest absolute Gasteiger partial charge is 0.367 e. The zero-order valence-electron chi connectivity index (χ0n) is 15.6. The van der Waals surface area contributed by atoms with Gasteiger partial charge in [0.2, 0.25) is 5.91 Å². The van der Waals surface area contributed by atoms with Gasteiger partial charge >= 0.3 is 0 Å². The van der Waals surface area contributed by atoms with E-state index in [0.29, 0.717) is 43.7 Å². The molecule has 3 N–H and O–H groups in total. The zero-order valence-corrected chi connectivity index (χ0v) is 15.6. The lowest BCUT2D eigenvalue weighted by Gasteiger charge is -2.21. The number of anilines is 1. The number of amides is 1. The van der Waals surface area contributed by atoms with Crippen LogP contribution in [0.2, 0.25) is 0 Å². The van der Waals surface area contributed by atoms with E-state index in [4.69, 9.17) is 0 Å². The topological polar surface area (TPSA) is 68.8 Å². The molecule has 8 heteroatoms. The maximum absolute atomic E-state index is 13.9. The third-order valence-electron chi connectivity index (χ3n) is 4.82. The summed E-state index contributed by atoms with van der Waals surface area (Å²) < 4.78 is 27.0. The van der Waals surface area contributed by atoms with Crippen molar-refractivity contribution in [3.63, 3.8) is 0 Å². The molecular formula is C19H27F2N5O. The lowest BCUT2D eigenvalue weighted by atomic mass is 10.2. The number of benzene rings is 1. The maximum atomic E-state index is 13.9. The Bertz CT molecular complexity index is 693. The average Bonchev–Trinajstić information content (AvgIpc) is 3.33. The van der Waals surface area contributed by atoms with Crippen LogP contribution in [0.1, 0.15) is 32.1 Å². The molecule has 6 nitrogen and oxygen atoms in total. The van der Waals surface area contributed by atoms with Crippen molar-refractivity contribution in [1.82, 2.24) is 16.0 Å². The third-order valence-corrected chi connectivity index (χ3v) is 4.82. The number of carbonyl (C=O) groups is 1. The number of nitrogens with one attached hydrogen (secondary N) is 3. The van der Waals surface area contributed by atoms with Gasteiger partial charge in [-0.15, -0.1) is 0 Å². The molecule has 1 amide bonds.